The monoisotopic (exact) mass is 279 g/mol. The van der Waals surface area contributed by atoms with Crippen LogP contribution in [0, 0.1) is 17.1 Å². The maximum absolute atomic E-state index is 13.1. The van der Waals surface area contributed by atoms with Crippen LogP contribution >= 0.6 is 0 Å². The second-order valence-corrected chi connectivity index (χ2v) is 4.50. The number of aromatic nitrogens is 1. The molecule has 0 aliphatic rings. The number of nitriles is 1. The van der Waals surface area contributed by atoms with Crippen molar-refractivity contribution in [2.75, 3.05) is 5.32 Å². The Morgan fingerprint density at radius 1 is 1.24 bits per heavy atom. The van der Waals surface area contributed by atoms with E-state index in [1.807, 2.05) is 6.07 Å². The fourth-order valence-corrected chi connectivity index (χ4v) is 2.17. The van der Waals surface area contributed by atoms with Crippen LogP contribution in [-0.2, 0) is 0 Å². The molecule has 1 aromatic heterocycles. The van der Waals surface area contributed by atoms with E-state index in [1.165, 1.54) is 18.3 Å². The summed E-state index contributed by atoms with van der Waals surface area (Å²) in [5.74, 6) is -0.721. The Bertz CT molecular complexity index is 877. The molecule has 102 valence electrons. The lowest BCUT2D eigenvalue weighted by molar-refractivity contribution is 0.102. The van der Waals surface area contributed by atoms with Crippen molar-refractivity contribution < 1.29 is 9.18 Å². The molecule has 0 bridgehead atoms. The van der Waals surface area contributed by atoms with E-state index in [0.29, 0.717) is 27.7 Å². The first-order valence-corrected chi connectivity index (χ1v) is 6.26. The maximum atomic E-state index is 13.1. The van der Waals surface area contributed by atoms with Gasteiger partial charge in [0.15, 0.2) is 0 Å². The Labute approximate surface area is 119 Å². The summed E-state index contributed by atoms with van der Waals surface area (Å²) >= 11 is 0. The topological polar surface area (TPSA) is 68.7 Å². The summed E-state index contributed by atoms with van der Waals surface area (Å²) in [7, 11) is 0. The van der Waals surface area contributed by atoms with Gasteiger partial charge >= 0.3 is 0 Å². The van der Waals surface area contributed by atoms with Gasteiger partial charge in [0.05, 0.1) is 16.8 Å². The van der Waals surface area contributed by atoms with Gasteiger partial charge in [-0.15, -0.1) is 0 Å². The van der Waals surface area contributed by atoms with Crippen molar-refractivity contribution in [1.82, 2.24) is 4.98 Å². The Hall–Kier alpha value is -3.13. The molecule has 4 nitrogen and oxygen atoms in total. The van der Waals surface area contributed by atoms with E-state index in [0.717, 1.165) is 0 Å². The summed E-state index contributed by atoms with van der Waals surface area (Å²) in [6.45, 7) is 0. The quantitative estimate of drug-likeness (QED) is 0.754. The lowest BCUT2D eigenvalue weighted by Gasteiger charge is -2.05. The van der Waals surface area contributed by atoms with Crippen molar-refractivity contribution in [1.29, 1.82) is 5.26 Å². The minimum atomic E-state index is -0.369. The van der Waals surface area contributed by atoms with Gasteiger partial charge in [0.25, 0.3) is 5.91 Å². The number of amides is 1. The van der Waals surface area contributed by atoms with E-state index in [4.69, 9.17) is 5.26 Å². The van der Waals surface area contributed by atoms with Gasteiger partial charge in [-0.2, -0.15) is 5.26 Å². The average molecular weight is 279 g/mol. The van der Waals surface area contributed by atoms with Gasteiger partial charge < -0.3 is 10.3 Å². The molecule has 0 atom stereocenters. The highest BCUT2D eigenvalue weighted by atomic mass is 19.1. The largest absolute Gasteiger partial charge is 0.360 e. The molecule has 0 aliphatic heterocycles. The van der Waals surface area contributed by atoms with Gasteiger partial charge in [0, 0.05) is 17.1 Å². The molecule has 2 N–H and O–H groups in total. The van der Waals surface area contributed by atoms with Crippen LogP contribution in [0.25, 0.3) is 10.9 Å². The smallest absolute Gasteiger partial charge is 0.257 e. The number of para-hydroxylation sites is 1. The van der Waals surface area contributed by atoms with Crippen LogP contribution in [0.2, 0.25) is 0 Å². The normalized spacial score (nSPS) is 10.3. The van der Waals surface area contributed by atoms with E-state index >= 15 is 0 Å². The maximum Gasteiger partial charge on any atom is 0.257 e. The number of nitrogens with zero attached hydrogens (tertiary/aromatic N) is 1. The van der Waals surface area contributed by atoms with Crippen LogP contribution in [0.5, 0.6) is 0 Å². The first-order valence-electron chi connectivity index (χ1n) is 6.26. The van der Waals surface area contributed by atoms with Crippen molar-refractivity contribution in [2.24, 2.45) is 0 Å². The summed E-state index contributed by atoms with van der Waals surface area (Å²) in [5, 5.41) is 12.3. The van der Waals surface area contributed by atoms with Gasteiger partial charge in [-0.1, -0.05) is 12.1 Å². The predicted octanol–water partition coefficient (Wildman–Crippen LogP) is 3.43. The van der Waals surface area contributed by atoms with Crippen LogP contribution < -0.4 is 5.32 Å². The van der Waals surface area contributed by atoms with E-state index in [-0.39, 0.29) is 11.7 Å². The Balaban J connectivity index is 1.96. The van der Waals surface area contributed by atoms with Gasteiger partial charge in [-0.05, 0) is 30.3 Å². The molecule has 0 saturated carbocycles. The van der Waals surface area contributed by atoms with Gasteiger partial charge in [-0.25, -0.2) is 4.39 Å². The molecule has 1 amide bonds. The lowest BCUT2D eigenvalue weighted by Crippen LogP contribution is -2.12. The van der Waals surface area contributed by atoms with Gasteiger partial charge in [0.1, 0.15) is 11.9 Å². The lowest BCUT2D eigenvalue weighted by atomic mass is 10.1. The second-order valence-electron chi connectivity index (χ2n) is 4.50. The third kappa shape index (κ3) is 2.35. The van der Waals surface area contributed by atoms with Crippen LogP contribution in [0.1, 0.15) is 15.9 Å². The SMILES string of the molecule is N#Cc1ccccc1NC(=O)c1c[nH]c2cc(F)ccc12. The van der Waals surface area contributed by atoms with E-state index in [2.05, 4.69) is 10.3 Å². The summed E-state index contributed by atoms with van der Waals surface area (Å²) in [4.78, 5) is 15.2. The molecular formula is C16H10FN3O. The predicted molar refractivity (Wildman–Crippen MR) is 77.4 cm³/mol. The highest BCUT2D eigenvalue weighted by molar-refractivity contribution is 6.13. The van der Waals surface area contributed by atoms with Gasteiger partial charge in [-0.3, -0.25) is 4.79 Å². The number of carbonyl (C=O) groups excluding carboxylic acids is 1. The Morgan fingerprint density at radius 2 is 2.05 bits per heavy atom. The number of carbonyl (C=O) groups is 1. The Kier molecular flexibility index (Phi) is 3.13. The number of hydrogen-bond acceptors (Lipinski definition) is 2. The minimum absolute atomic E-state index is 0.351. The molecule has 0 fully saturated rings. The van der Waals surface area contributed by atoms with Crippen LogP contribution in [0.4, 0.5) is 10.1 Å². The van der Waals surface area contributed by atoms with Crippen LogP contribution in [0.3, 0.4) is 0 Å². The van der Waals surface area contributed by atoms with Crippen molar-refractivity contribution in [3.63, 3.8) is 0 Å². The molecule has 3 aromatic rings. The number of aromatic amines is 1. The highest BCUT2D eigenvalue weighted by Crippen LogP contribution is 2.21. The fraction of sp³-hybridized carbons (Fsp3) is 0. The molecule has 2 aromatic carbocycles. The first kappa shape index (κ1) is 12.9. The molecule has 0 saturated heterocycles. The van der Waals surface area contributed by atoms with E-state index in [1.54, 1.807) is 30.3 Å². The fourth-order valence-electron chi connectivity index (χ4n) is 2.17. The van der Waals surface area contributed by atoms with E-state index < -0.39 is 0 Å². The first-order chi connectivity index (χ1) is 10.2. The zero-order valence-electron chi connectivity index (χ0n) is 10.9. The molecule has 0 aliphatic carbocycles. The zero-order valence-corrected chi connectivity index (χ0v) is 10.9. The summed E-state index contributed by atoms with van der Waals surface area (Å²) in [5.41, 5.74) is 1.78. The van der Waals surface area contributed by atoms with E-state index in [9.17, 15) is 9.18 Å². The number of halogens is 1. The molecule has 0 spiro atoms. The van der Waals surface area contributed by atoms with Crippen molar-refractivity contribution in [3.05, 3.63) is 65.6 Å². The number of anilines is 1. The number of nitrogens with one attached hydrogen (secondary N) is 2. The second kappa shape index (κ2) is 5.10. The van der Waals surface area contributed by atoms with Crippen molar-refractivity contribution >= 4 is 22.5 Å². The molecule has 0 unspecified atom stereocenters. The highest BCUT2D eigenvalue weighted by Gasteiger charge is 2.13. The number of rotatable bonds is 2. The third-order valence-corrected chi connectivity index (χ3v) is 3.18. The molecule has 1 heterocycles. The molecule has 21 heavy (non-hydrogen) atoms. The zero-order chi connectivity index (χ0) is 14.8. The molecule has 5 heteroatoms. The summed E-state index contributed by atoms with van der Waals surface area (Å²) in [6.07, 6.45) is 1.52. The third-order valence-electron chi connectivity index (χ3n) is 3.18. The van der Waals surface area contributed by atoms with Crippen molar-refractivity contribution in [3.8, 4) is 6.07 Å². The average Bonchev–Trinajstić information content (AvgIpc) is 2.90. The number of fused-ring (bicyclic) bond motifs is 1. The minimum Gasteiger partial charge on any atom is -0.360 e. The molecule has 0 radical (unpaired) electrons. The standard InChI is InChI=1S/C16H10FN3O/c17-11-5-6-12-13(9-19-15(12)7-11)16(21)20-14-4-2-1-3-10(14)8-18/h1-7,9,19H,(H,20,21). The van der Waals surface area contributed by atoms with Crippen LogP contribution in [-0.4, -0.2) is 10.9 Å². The number of hydrogen-bond donors (Lipinski definition) is 2. The summed E-state index contributed by atoms with van der Waals surface area (Å²) < 4.78 is 13.1. The summed E-state index contributed by atoms with van der Waals surface area (Å²) in [6, 6.07) is 12.9. The van der Waals surface area contributed by atoms with Crippen LogP contribution in [0.15, 0.2) is 48.7 Å². The molecule has 3 rings (SSSR count). The molecular weight excluding hydrogens is 269 g/mol. The number of benzene rings is 2. The van der Waals surface area contributed by atoms with Crippen molar-refractivity contribution in [2.45, 2.75) is 0 Å². The Morgan fingerprint density at radius 3 is 2.86 bits per heavy atom. The number of H-pyrrole nitrogens is 1. The van der Waals surface area contributed by atoms with Gasteiger partial charge in [0.2, 0.25) is 0 Å².